The number of alkyl halides is 3. The van der Waals surface area contributed by atoms with Crippen molar-refractivity contribution in [1.82, 2.24) is 24.6 Å². The molecule has 1 aliphatic heterocycles. The lowest BCUT2D eigenvalue weighted by Crippen LogP contribution is -2.41. The smallest absolute Gasteiger partial charge is 0.435 e. The number of hydrogen-bond acceptors (Lipinski definition) is 5. The molecule has 5 rings (SSSR count). The van der Waals surface area contributed by atoms with Crippen LogP contribution < -0.4 is 10.9 Å². The number of aromatic nitrogens is 3. The molecule has 39 heavy (non-hydrogen) atoms. The van der Waals surface area contributed by atoms with Crippen LogP contribution in [0, 0.1) is 23.2 Å². The van der Waals surface area contributed by atoms with Crippen molar-refractivity contribution in [3.05, 3.63) is 51.7 Å². The van der Waals surface area contributed by atoms with Crippen LogP contribution in [0.4, 0.5) is 13.2 Å². The molecule has 3 heterocycles. The molecule has 4 atom stereocenters. The highest BCUT2D eigenvalue weighted by Crippen LogP contribution is 2.45. The minimum absolute atomic E-state index is 0.0661. The van der Waals surface area contributed by atoms with E-state index in [1.54, 1.807) is 31.1 Å². The third kappa shape index (κ3) is 5.99. The normalized spacial score (nSPS) is 24.5. The Morgan fingerprint density at radius 1 is 1.23 bits per heavy atom. The number of amides is 1. The van der Waals surface area contributed by atoms with Crippen LogP contribution in [-0.2, 0) is 29.3 Å². The zero-order valence-electron chi connectivity index (χ0n) is 22.2. The van der Waals surface area contributed by atoms with Crippen molar-refractivity contribution in [2.45, 2.75) is 63.7 Å². The van der Waals surface area contributed by atoms with Gasteiger partial charge in [-0.25, -0.2) is 0 Å². The summed E-state index contributed by atoms with van der Waals surface area (Å²) in [7, 11) is 1.67. The van der Waals surface area contributed by atoms with Gasteiger partial charge in [0.1, 0.15) is 6.61 Å². The Hall–Kier alpha value is -3.31. The highest BCUT2D eigenvalue weighted by Gasteiger charge is 2.43. The summed E-state index contributed by atoms with van der Waals surface area (Å²) in [5, 5.41) is 15.0. The van der Waals surface area contributed by atoms with Gasteiger partial charge in [-0.15, -0.1) is 0 Å². The number of nitrogens with one attached hydrogen (secondary N) is 2. The summed E-state index contributed by atoms with van der Waals surface area (Å²) in [6.07, 6.45) is 1.83. The molecule has 3 unspecified atom stereocenters. The van der Waals surface area contributed by atoms with Gasteiger partial charge in [-0.05, 0) is 62.3 Å². The number of carbonyl (C=O) groups excluding carboxylic acids is 1. The van der Waals surface area contributed by atoms with Gasteiger partial charge in [0.2, 0.25) is 11.5 Å². The van der Waals surface area contributed by atoms with E-state index in [2.05, 4.69) is 10.4 Å². The maximum Gasteiger partial charge on any atom is 0.435 e. The lowest BCUT2D eigenvalue weighted by atomic mass is 9.72. The first kappa shape index (κ1) is 27.3. The Bertz CT molecular complexity index is 1280. The second-order valence-corrected chi connectivity index (χ2v) is 11.1. The van der Waals surface area contributed by atoms with Gasteiger partial charge < -0.3 is 19.5 Å². The van der Waals surface area contributed by atoms with Crippen LogP contribution >= 0.6 is 0 Å². The van der Waals surface area contributed by atoms with Crippen molar-refractivity contribution < 1.29 is 22.7 Å². The van der Waals surface area contributed by atoms with Crippen molar-refractivity contribution in [2.75, 3.05) is 19.7 Å². The van der Waals surface area contributed by atoms with E-state index < -0.39 is 23.7 Å². The molecule has 12 heteroatoms. The van der Waals surface area contributed by atoms with Crippen LogP contribution in [0.2, 0.25) is 0 Å². The molecule has 3 aliphatic rings. The summed E-state index contributed by atoms with van der Waals surface area (Å²) >= 11 is 0. The number of pyridine rings is 1. The van der Waals surface area contributed by atoms with E-state index in [9.17, 15) is 22.8 Å². The standard InChI is InChI=1S/C27H35F3N6O3/c1-3-36-15-21(24(33-36)27(28,29)30)19-10-16(13-35-8-9-39-26(35)31)11-20(12-19)25(38)32-23(17-4-5-17)18-6-7-22(37)34(2)14-18/h6-7,14-17,19-20,23,31H,3-5,8-13H2,1-2H3,(H,32,38)/t16?,19?,20?,23-/m0/s1. The van der Waals surface area contributed by atoms with Crippen molar-refractivity contribution in [1.29, 1.82) is 5.41 Å². The summed E-state index contributed by atoms with van der Waals surface area (Å²) in [6, 6.07) is 3.04. The fraction of sp³-hybridized carbons (Fsp3) is 0.630. The molecule has 0 spiro atoms. The third-order valence-corrected chi connectivity index (χ3v) is 8.22. The number of rotatable bonds is 8. The Morgan fingerprint density at radius 2 is 2.00 bits per heavy atom. The summed E-state index contributed by atoms with van der Waals surface area (Å²) in [6.45, 7) is 3.47. The first-order valence-corrected chi connectivity index (χ1v) is 13.6. The summed E-state index contributed by atoms with van der Waals surface area (Å²) in [5.74, 6) is -0.995. The van der Waals surface area contributed by atoms with E-state index in [0.717, 1.165) is 18.4 Å². The number of hydrogen-bond donors (Lipinski definition) is 2. The topological polar surface area (TPSA) is 105 Å². The minimum atomic E-state index is -4.59. The molecular formula is C27H35F3N6O3. The van der Waals surface area contributed by atoms with Gasteiger partial charge in [-0.1, -0.05) is 6.07 Å². The quantitative estimate of drug-likeness (QED) is 0.524. The number of aryl methyl sites for hydroxylation is 2. The second kappa shape index (κ2) is 10.7. The van der Waals surface area contributed by atoms with Gasteiger partial charge in [0, 0.05) is 50.1 Å². The lowest BCUT2D eigenvalue weighted by Gasteiger charge is -2.36. The van der Waals surface area contributed by atoms with E-state index >= 15 is 0 Å². The zero-order chi connectivity index (χ0) is 27.9. The molecule has 1 amide bonds. The predicted octanol–water partition coefficient (Wildman–Crippen LogP) is 3.65. The molecular weight excluding hydrogens is 513 g/mol. The summed E-state index contributed by atoms with van der Waals surface area (Å²) in [4.78, 5) is 27.4. The number of carbonyl (C=O) groups is 1. The van der Waals surface area contributed by atoms with E-state index in [4.69, 9.17) is 10.1 Å². The molecule has 2 saturated carbocycles. The first-order chi connectivity index (χ1) is 18.5. The third-order valence-electron chi connectivity index (χ3n) is 8.22. The maximum absolute atomic E-state index is 14.0. The molecule has 2 aromatic rings. The number of nitrogens with zero attached hydrogens (tertiary/aromatic N) is 4. The van der Waals surface area contributed by atoms with E-state index in [1.807, 2.05) is 0 Å². The second-order valence-electron chi connectivity index (χ2n) is 11.1. The van der Waals surface area contributed by atoms with Gasteiger partial charge in [0.15, 0.2) is 5.69 Å². The summed E-state index contributed by atoms with van der Waals surface area (Å²) < 4.78 is 50.0. The number of amidine groups is 1. The number of halogens is 3. The van der Waals surface area contributed by atoms with Crippen LogP contribution in [0.25, 0.3) is 0 Å². The molecule has 2 N–H and O–H groups in total. The first-order valence-electron chi connectivity index (χ1n) is 13.6. The Balaban J connectivity index is 1.41. The van der Waals surface area contributed by atoms with Crippen molar-refractivity contribution in [2.24, 2.45) is 24.8 Å². The van der Waals surface area contributed by atoms with E-state index in [0.29, 0.717) is 45.5 Å². The van der Waals surface area contributed by atoms with Gasteiger partial charge in [-0.3, -0.25) is 19.7 Å². The molecule has 2 aromatic heterocycles. The highest BCUT2D eigenvalue weighted by atomic mass is 19.4. The van der Waals surface area contributed by atoms with E-state index in [1.165, 1.54) is 21.5 Å². The van der Waals surface area contributed by atoms with Crippen LogP contribution in [0.3, 0.4) is 0 Å². The molecule has 212 valence electrons. The average molecular weight is 549 g/mol. The molecule has 0 radical (unpaired) electrons. The fourth-order valence-electron chi connectivity index (χ4n) is 6.08. The molecule has 2 aliphatic carbocycles. The van der Waals surface area contributed by atoms with Crippen molar-refractivity contribution >= 4 is 11.9 Å². The molecule has 1 saturated heterocycles. The Labute approximate surface area is 224 Å². The largest absolute Gasteiger partial charge is 0.463 e. The van der Waals surface area contributed by atoms with E-state index in [-0.39, 0.29) is 40.9 Å². The Morgan fingerprint density at radius 3 is 2.62 bits per heavy atom. The monoisotopic (exact) mass is 548 g/mol. The minimum Gasteiger partial charge on any atom is -0.463 e. The van der Waals surface area contributed by atoms with Crippen molar-refractivity contribution in [3.63, 3.8) is 0 Å². The lowest BCUT2D eigenvalue weighted by molar-refractivity contribution is -0.142. The Kier molecular flexibility index (Phi) is 7.47. The van der Waals surface area contributed by atoms with Gasteiger partial charge in [-0.2, -0.15) is 18.3 Å². The molecule has 0 bridgehead atoms. The zero-order valence-corrected chi connectivity index (χ0v) is 22.2. The SMILES string of the molecule is CCn1cc(C2CC(CN3CCOC3=N)CC(C(=O)N[C@H](c3ccc(=O)n(C)c3)C3CC3)C2)c(C(F)(F)F)n1. The molecule has 3 fully saturated rings. The van der Waals surface area contributed by atoms with Crippen LogP contribution in [-0.4, -0.2) is 50.9 Å². The van der Waals surface area contributed by atoms with Crippen molar-refractivity contribution in [3.8, 4) is 0 Å². The van der Waals surface area contributed by atoms with Gasteiger partial charge in [0.25, 0.3) is 6.02 Å². The molecule has 9 nitrogen and oxygen atoms in total. The van der Waals surface area contributed by atoms with Crippen LogP contribution in [0.5, 0.6) is 0 Å². The number of ether oxygens (including phenoxy) is 1. The van der Waals surface area contributed by atoms with Crippen LogP contribution in [0.1, 0.15) is 67.8 Å². The average Bonchev–Trinajstić information content (AvgIpc) is 3.50. The predicted molar refractivity (Wildman–Crippen MR) is 137 cm³/mol. The highest BCUT2D eigenvalue weighted by molar-refractivity contribution is 5.79. The fourth-order valence-corrected chi connectivity index (χ4v) is 6.08. The van der Waals surface area contributed by atoms with Gasteiger partial charge in [0.05, 0.1) is 12.6 Å². The maximum atomic E-state index is 14.0. The van der Waals surface area contributed by atoms with Gasteiger partial charge >= 0.3 is 6.18 Å². The summed E-state index contributed by atoms with van der Waals surface area (Å²) in [5.41, 5.74) is -0.0332. The molecule has 0 aromatic carbocycles. The van der Waals surface area contributed by atoms with Crippen LogP contribution in [0.15, 0.2) is 29.3 Å².